The maximum atomic E-state index is 12.9. The van der Waals surface area contributed by atoms with Crippen LogP contribution >= 0.6 is 0 Å². The van der Waals surface area contributed by atoms with E-state index in [0.29, 0.717) is 17.5 Å². The molecule has 3 rings (SSSR count). The molecular weight excluding hydrogens is 348 g/mol. The minimum atomic E-state index is -1.28. The molecular formula is C20H16N2O5. The molecule has 1 saturated heterocycles. The standard InChI is InChI=1S/C20H16N2O5/c23-17(11-12-19(25)26)21(14-7-3-1-4-8-14)16-13-18(24)22(20(16)27)15-9-5-2-6-10-15/h1-12,16H,13H2,(H,25,26)/b12-11-. The molecule has 1 atom stereocenters. The van der Waals surface area contributed by atoms with Gasteiger partial charge in [-0.25, -0.2) is 9.69 Å². The van der Waals surface area contributed by atoms with Crippen LogP contribution in [-0.2, 0) is 19.2 Å². The van der Waals surface area contributed by atoms with Crippen LogP contribution in [0.25, 0.3) is 0 Å². The van der Waals surface area contributed by atoms with Gasteiger partial charge in [0.05, 0.1) is 12.1 Å². The predicted octanol–water partition coefficient (Wildman–Crippen LogP) is 1.99. The second-order valence-corrected chi connectivity index (χ2v) is 5.84. The van der Waals surface area contributed by atoms with Crippen LogP contribution in [0.3, 0.4) is 0 Å². The van der Waals surface area contributed by atoms with Crippen molar-refractivity contribution < 1.29 is 24.3 Å². The number of anilines is 2. The highest BCUT2D eigenvalue weighted by atomic mass is 16.4. The summed E-state index contributed by atoms with van der Waals surface area (Å²) < 4.78 is 0. The van der Waals surface area contributed by atoms with Gasteiger partial charge in [0.25, 0.3) is 11.8 Å². The molecule has 3 amide bonds. The number of amides is 3. The highest BCUT2D eigenvalue weighted by Gasteiger charge is 2.44. The third-order valence-corrected chi connectivity index (χ3v) is 4.09. The van der Waals surface area contributed by atoms with Crippen LogP contribution in [0.5, 0.6) is 0 Å². The quantitative estimate of drug-likeness (QED) is 0.647. The van der Waals surface area contributed by atoms with E-state index in [2.05, 4.69) is 0 Å². The molecule has 27 heavy (non-hydrogen) atoms. The first-order valence-electron chi connectivity index (χ1n) is 8.20. The van der Waals surface area contributed by atoms with Crippen molar-refractivity contribution in [2.24, 2.45) is 0 Å². The summed E-state index contributed by atoms with van der Waals surface area (Å²) in [5.41, 5.74) is 0.829. The Kier molecular flexibility index (Phi) is 5.12. The van der Waals surface area contributed by atoms with Crippen LogP contribution in [0.1, 0.15) is 6.42 Å². The number of carbonyl (C=O) groups is 4. The van der Waals surface area contributed by atoms with Crippen molar-refractivity contribution in [1.82, 2.24) is 0 Å². The Labute approximate surface area is 155 Å². The number of carboxylic acids is 1. The Morgan fingerprint density at radius 2 is 1.56 bits per heavy atom. The largest absolute Gasteiger partial charge is 0.478 e. The Balaban J connectivity index is 1.98. The van der Waals surface area contributed by atoms with Gasteiger partial charge in [-0.15, -0.1) is 0 Å². The SMILES string of the molecule is O=C(O)/C=C\C(=O)N(c1ccccc1)C1CC(=O)N(c2ccccc2)C1=O. The number of para-hydroxylation sites is 2. The van der Waals surface area contributed by atoms with Gasteiger partial charge in [-0.1, -0.05) is 36.4 Å². The maximum absolute atomic E-state index is 12.9. The number of imide groups is 1. The van der Waals surface area contributed by atoms with Gasteiger partial charge in [0.15, 0.2) is 0 Å². The number of benzene rings is 2. The second kappa shape index (κ2) is 7.65. The molecule has 1 heterocycles. The lowest BCUT2D eigenvalue weighted by atomic mass is 10.1. The van der Waals surface area contributed by atoms with Gasteiger partial charge in [-0.05, 0) is 24.3 Å². The maximum Gasteiger partial charge on any atom is 0.328 e. The number of hydrogen-bond donors (Lipinski definition) is 1. The number of nitrogens with zero attached hydrogens (tertiary/aromatic N) is 2. The Bertz CT molecular complexity index is 908. The molecule has 2 aromatic carbocycles. The molecule has 0 saturated carbocycles. The Morgan fingerprint density at radius 1 is 0.963 bits per heavy atom. The fraction of sp³-hybridized carbons (Fsp3) is 0.100. The summed E-state index contributed by atoms with van der Waals surface area (Å²) in [5, 5.41) is 8.78. The third-order valence-electron chi connectivity index (χ3n) is 4.09. The van der Waals surface area contributed by atoms with E-state index in [-0.39, 0.29) is 6.42 Å². The number of rotatable bonds is 5. The Morgan fingerprint density at radius 3 is 2.15 bits per heavy atom. The Hall–Kier alpha value is -3.74. The van der Waals surface area contributed by atoms with E-state index in [0.717, 1.165) is 15.9 Å². The average molecular weight is 364 g/mol. The monoisotopic (exact) mass is 364 g/mol. The van der Waals surface area contributed by atoms with E-state index in [9.17, 15) is 19.2 Å². The molecule has 2 aromatic rings. The first kappa shape index (κ1) is 18.1. The predicted molar refractivity (Wildman–Crippen MR) is 98.0 cm³/mol. The fourth-order valence-corrected chi connectivity index (χ4v) is 2.94. The van der Waals surface area contributed by atoms with Crippen molar-refractivity contribution in [3.63, 3.8) is 0 Å². The van der Waals surface area contributed by atoms with Crippen LogP contribution in [-0.4, -0.2) is 34.8 Å². The minimum absolute atomic E-state index is 0.185. The van der Waals surface area contributed by atoms with E-state index in [1.165, 1.54) is 0 Å². The molecule has 0 bridgehead atoms. The van der Waals surface area contributed by atoms with Gasteiger partial charge in [-0.3, -0.25) is 19.3 Å². The lowest BCUT2D eigenvalue weighted by Gasteiger charge is -2.26. The normalized spacial score (nSPS) is 16.7. The zero-order chi connectivity index (χ0) is 19.4. The van der Waals surface area contributed by atoms with Crippen LogP contribution in [0.15, 0.2) is 72.8 Å². The van der Waals surface area contributed by atoms with Crippen LogP contribution in [0, 0.1) is 0 Å². The van der Waals surface area contributed by atoms with Crippen molar-refractivity contribution in [2.75, 3.05) is 9.80 Å². The van der Waals surface area contributed by atoms with Crippen LogP contribution in [0.4, 0.5) is 11.4 Å². The van der Waals surface area contributed by atoms with Crippen LogP contribution in [0.2, 0.25) is 0 Å². The van der Waals surface area contributed by atoms with E-state index in [1.54, 1.807) is 60.7 Å². The van der Waals surface area contributed by atoms with Gasteiger partial charge in [-0.2, -0.15) is 0 Å². The zero-order valence-electron chi connectivity index (χ0n) is 14.2. The molecule has 0 aliphatic carbocycles. The number of carboxylic acid groups (broad SMARTS) is 1. The summed E-state index contributed by atoms with van der Waals surface area (Å²) in [6, 6.07) is 15.8. The van der Waals surface area contributed by atoms with Gasteiger partial charge in [0, 0.05) is 17.8 Å². The first-order chi connectivity index (χ1) is 13.0. The average Bonchev–Trinajstić information content (AvgIpc) is 2.96. The lowest BCUT2D eigenvalue weighted by molar-refractivity contribution is -0.131. The molecule has 1 N–H and O–H groups in total. The summed E-state index contributed by atoms with van der Waals surface area (Å²) in [5.74, 6) is -2.93. The highest BCUT2D eigenvalue weighted by molar-refractivity contribution is 6.25. The molecule has 1 unspecified atom stereocenters. The molecule has 1 fully saturated rings. The molecule has 7 nitrogen and oxygen atoms in total. The summed E-state index contributed by atoms with van der Waals surface area (Å²) in [6.07, 6.45) is 1.39. The van der Waals surface area contributed by atoms with Gasteiger partial charge in [0.2, 0.25) is 5.91 Å². The van der Waals surface area contributed by atoms with E-state index in [4.69, 9.17) is 5.11 Å². The molecule has 1 aliphatic rings. The van der Waals surface area contributed by atoms with Crippen molar-refractivity contribution in [3.05, 3.63) is 72.8 Å². The number of hydrogen-bond acceptors (Lipinski definition) is 4. The molecule has 0 radical (unpaired) electrons. The highest BCUT2D eigenvalue weighted by Crippen LogP contribution is 2.29. The minimum Gasteiger partial charge on any atom is -0.478 e. The molecule has 0 spiro atoms. The van der Waals surface area contributed by atoms with E-state index < -0.39 is 29.7 Å². The first-order valence-corrected chi connectivity index (χ1v) is 8.20. The summed E-state index contributed by atoms with van der Waals surface area (Å²) >= 11 is 0. The smallest absolute Gasteiger partial charge is 0.328 e. The number of carbonyl (C=O) groups excluding carboxylic acids is 3. The summed E-state index contributed by atoms with van der Waals surface area (Å²) in [6.45, 7) is 0. The molecule has 7 heteroatoms. The number of aliphatic carboxylic acids is 1. The zero-order valence-corrected chi connectivity index (χ0v) is 14.2. The second-order valence-electron chi connectivity index (χ2n) is 5.84. The van der Waals surface area contributed by atoms with Gasteiger partial charge < -0.3 is 5.11 Å². The van der Waals surface area contributed by atoms with Crippen LogP contribution < -0.4 is 9.80 Å². The van der Waals surface area contributed by atoms with E-state index >= 15 is 0 Å². The molecule has 1 aliphatic heterocycles. The third kappa shape index (κ3) is 3.77. The topological polar surface area (TPSA) is 95.0 Å². The van der Waals surface area contributed by atoms with Crippen molar-refractivity contribution in [3.8, 4) is 0 Å². The molecule has 0 aromatic heterocycles. The lowest BCUT2D eigenvalue weighted by Crippen LogP contribution is -2.45. The van der Waals surface area contributed by atoms with Crippen molar-refractivity contribution >= 4 is 35.1 Å². The van der Waals surface area contributed by atoms with Crippen molar-refractivity contribution in [1.29, 1.82) is 0 Å². The fourth-order valence-electron chi connectivity index (χ4n) is 2.94. The van der Waals surface area contributed by atoms with Gasteiger partial charge in [0.1, 0.15) is 6.04 Å². The van der Waals surface area contributed by atoms with Crippen molar-refractivity contribution in [2.45, 2.75) is 12.5 Å². The molecule has 136 valence electrons. The summed E-state index contributed by atoms with van der Waals surface area (Å²) in [4.78, 5) is 51.0. The van der Waals surface area contributed by atoms with Gasteiger partial charge >= 0.3 is 5.97 Å². The van der Waals surface area contributed by atoms with E-state index in [1.807, 2.05) is 0 Å². The summed E-state index contributed by atoms with van der Waals surface area (Å²) in [7, 11) is 0.